The molecule has 1 aliphatic rings. The molecular formula is C18H19F3N4O. The Bertz CT molecular complexity index is 754. The number of carbonyl (C=O) groups is 1. The predicted octanol–water partition coefficient (Wildman–Crippen LogP) is 4.26. The number of anilines is 2. The molecule has 2 heterocycles. The quantitative estimate of drug-likeness (QED) is 0.884. The minimum absolute atomic E-state index is 0.113. The molecule has 1 aliphatic heterocycles. The number of hydrogen-bond acceptors (Lipinski definition) is 4. The van der Waals surface area contributed by atoms with Crippen LogP contribution in [0, 0.1) is 0 Å². The Morgan fingerprint density at radius 3 is 2.31 bits per heavy atom. The van der Waals surface area contributed by atoms with E-state index in [4.69, 9.17) is 0 Å². The van der Waals surface area contributed by atoms with Crippen molar-refractivity contribution in [2.24, 2.45) is 0 Å². The first-order valence-electron chi connectivity index (χ1n) is 8.49. The highest BCUT2D eigenvalue weighted by molar-refractivity contribution is 5.93. The highest BCUT2D eigenvalue weighted by atomic mass is 19.4. The SMILES string of the molecule is O=C(c1cnc(Nc2cccc(C(F)(F)F)c2)nc1)N1CCCCCC1. The number of likely N-dealkylation sites (tertiary alicyclic amines) is 1. The second-order valence-electron chi connectivity index (χ2n) is 6.21. The average Bonchev–Trinajstić information content (AvgIpc) is 2.91. The van der Waals surface area contributed by atoms with Crippen LogP contribution in [0.3, 0.4) is 0 Å². The lowest BCUT2D eigenvalue weighted by Crippen LogP contribution is -2.32. The highest BCUT2D eigenvalue weighted by Crippen LogP contribution is 2.31. The Balaban J connectivity index is 1.69. The second kappa shape index (κ2) is 7.72. The van der Waals surface area contributed by atoms with Crippen LogP contribution in [0.4, 0.5) is 24.8 Å². The zero-order valence-electron chi connectivity index (χ0n) is 14.1. The Kier molecular flexibility index (Phi) is 5.39. The first-order chi connectivity index (χ1) is 12.4. The number of aromatic nitrogens is 2. The number of rotatable bonds is 3. The van der Waals surface area contributed by atoms with Gasteiger partial charge in [0, 0.05) is 31.2 Å². The van der Waals surface area contributed by atoms with Crippen LogP contribution >= 0.6 is 0 Å². The van der Waals surface area contributed by atoms with Crippen LogP contribution in [-0.4, -0.2) is 33.9 Å². The third kappa shape index (κ3) is 4.50. The molecule has 0 bridgehead atoms. The maximum atomic E-state index is 12.8. The van der Waals surface area contributed by atoms with Crippen molar-refractivity contribution in [3.63, 3.8) is 0 Å². The van der Waals surface area contributed by atoms with Gasteiger partial charge in [-0.15, -0.1) is 0 Å². The lowest BCUT2D eigenvalue weighted by molar-refractivity contribution is -0.137. The van der Waals surface area contributed by atoms with Gasteiger partial charge in [0.1, 0.15) is 0 Å². The van der Waals surface area contributed by atoms with Crippen molar-refractivity contribution in [2.45, 2.75) is 31.9 Å². The smallest absolute Gasteiger partial charge is 0.339 e. The third-order valence-corrected chi connectivity index (χ3v) is 4.24. The van der Waals surface area contributed by atoms with Crippen molar-refractivity contribution in [3.05, 3.63) is 47.8 Å². The number of nitrogens with zero attached hydrogens (tertiary/aromatic N) is 3. The zero-order chi connectivity index (χ0) is 18.6. The normalized spacial score (nSPS) is 15.4. The number of alkyl halides is 3. The van der Waals surface area contributed by atoms with Gasteiger partial charge in [-0.25, -0.2) is 9.97 Å². The van der Waals surface area contributed by atoms with Crippen LogP contribution in [0.2, 0.25) is 0 Å². The second-order valence-corrected chi connectivity index (χ2v) is 6.21. The summed E-state index contributed by atoms with van der Waals surface area (Å²) < 4.78 is 38.3. The summed E-state index contributed by atoms with van der Waals surface area (Å²) in [6.07, 6.45) is 2.61. The van der Waals surface area contributed by atoms with E-state index >= 15 is 0 Å². The molecule has 1 fully saturated rings. The minimum Gasteiger partial charge on any atom is -0.339 e. The first-order valence-corrected chi connectivity index (χ1v) is 8.49. The summed E-state index contributed by atoms with van der Waals surface area (Å²) >= 11 is 0. The maximum Gasteiger partial charge on any atom is 0.416 e. The Morgan fingerprint density at radius 2 is 1.69 bits per heavy atom. The van der Waals surface area contributed by atoms with Gasteiger partial charge in [-0.1, -0.05) is 18.9 Å². The zero-order valence-corrected chi connectivity index (χ0v) is 14.1. The number of carbonyl (C=O) groups excluding carboxylic acids is 1. The average molecular weight is 364 g/mol. The molecule has 2 aromatic rings. The lowest BCUT2D eigenvalue weighted by Gasteiger charge is -2.19. The third-order valence-electron chi connectivity index (χ3n) is 4.24. The standard InChI is InChI=1S/C18H19F3N4O/c19-18(20,21)14-6-5-7-15(10-14)24-17-22-11-13(12-23-17)16(26)25-8-3-1-2-4-9-25/h5-7,10-12H,1-4,8-9H2,(H,22,23,24). The van der Waals surface area contributed by atoms with Gasteiger partial charge in [-0.05, 0) is 31.0 Å². The van der Waals surface area contributed by atoms with Crippen molar-refractivity contribution in [1.82, 2.24) is 14.9 Å². The molecule has 0 saturated carbocycles. The number of amides is 1. The fourth-order valence-corrected chi connectivity index (χ4v) is 2.86. The van der Waals surface area contributed by atoms with Crippen molar-refractivity contribution < 1.29 is 18.0 Å². The van der Waals surface area contributed by atoms with E-state index in [1.54, 1.807) is 4.90 Å². The van der Waals surface area contributed by atoms with E-state index in [1.165, 1.54) is 24.5 Å². The van der Waals surface area contributed by atoms with E-state index < -0.39 is 11.7 Å². The van der Waals surface area contributed by atoms with E-state index in [2.05, 4.69) is 15.3 Å². The highest BCUT2D eigenvalue weighted by Gasteiger charge is 2.30. The van der Waals surface area contributed by atoms with E-state index in [0.29, 0.717) is 5.56 Å². The van der Waals surface area contributed by atoms with Gasteiger partial charge >= 0.3 is 6.18 Å². The van der Waals surface area contributed by atoms with Crippen molar-refractivity contribution in [3.8, 4) is 0 Å². The molecule has 0 atom stereocenters. The molecule has 8 heteroatoms. The van der Waals surface area contributed by atoms with Crippen LogP contribution in [0.5, 0.6) is 0 Å². The van der Waals surface area contributed by atoms with Crippen molar-refractivity contribution in [1.29, 1.82) is 0 Å². The van der Waals surface area contributed by atoms with Crippen LogP contribution in [0.15, 0.2) is 36.7 Å². The molecule has 0 radical (unpaired) electrons. The molecule has 26 heavy (non-hydrogen) atoms. The Hall–Kier alpha value is -2.64. The first kappa shape index (κ1) is 18.2. The van der Waals surface area contributed by atoms with Gasteiger partial charge in [0.2, 0.25) is 5.95 Å². The maximum absolute atomic E-state index is 12.8. The topological polar surface area (TPSA) is 58.1 Å². The summed E-state index contributed by atoms with van der Waals surface area (Å²) in [4.78, 5) is 22.4. The van der Waals surface area contributed by atoms with E-state index in [-0.39, 0.29) is 17.5 Å². The molecule has 5 nitrogen and oxygen atoms in total. The molecule has 1 amide bonds. The van der Waals surface area contributed by atoms with Crippen molar-refractivity contribution in [2.75, 3.05) is 18.4 Å². The van der Waals surface area contributed by atoms with Gasteiger partial charge in [-0.3, -0.25) is 4.79 Å². The Morgan fingerprint density at radius 1 is 1.04 bits per heavy atom. The molecule has 0 unspecified atom stereocenters. The molecule has 1 aromatic carbocycles. The Labute approximate surface area is 149 Å². The molecule has 1 saturated heterocycles. The summed E-state index contributed by atoms with van der Waals surface area (Å²) in [6.45, 7) is 1.45. The molecule has 1 N–H and O–H groups in total. The largest absolute Gasteiger partial charge is 0.416 e. The lowest BCUT2D eigenvalue weighted by atomic mass is 10.2. The van der Waals surface area contributed by atoms with Gasteiger partial charge in [0.05, 0.1) is 11.1 Å². The fourth-order valence-electron chi connectivity index (χ4n) is 2.86. The van der Waals surface area contributed by atoms with Crippen molar-refractivity contribution >= 4 is 17.5 Å². The van der Waals surface area contributed by atoms with Crippen LogP contribution in [0.1, 0.15) is 41.6 Å². The van der Waals surface area contributed by atoms with Gasteiger partial charge < -0.3 is 10.2 Å². The van der Waals surface area contributed by atoms with Crippen LogP contribution in [-0.2, 0) is 6.18 Å². The molecular weight excluding hydrogens is 345 g/mol. The number of benzene rings is 1. The number of hydrogen-bond donors (Lipinski definition) is 1. The molecule has 3 rings (SSSR count). The summed E-state index contributed by atoms with van der Waals surface area (Å²) in [7, 11) is 0. The molecule has 0 aliphatic carbocycles. The van der Waals surface area contributed by atoms with E-state index in [9.17, 15) is 18.0 Å². The molecule has 138 valence electrons. The summed E-state index contributed by atoms with van der Waals surface area (Å²) in [5.41, 5.74) is -0.150. The summed E-state index contributed by atoms with van der Waals surface area (Å²) in [5.74, 6) is 0.0225. The number of halogens is 3. The summed E-state index contributed by atoms with van der Waals surface area (Å²) in [6, 6.07) is 4.78. The van der Waals surface area contributed by atoms with Crippen LogP contribution < -0.4 is 5.32 Å². The van der Waals surface area contributed by atoms with Gasteiger partial charge in [0.15, 0.2) is 0 Å². The monoisotopic (exact) mass is 364 g/mol. The van der Waals surface area contributed by atoms with E-state index in [1.807, 2.05) is 0 Å². The van der Waals surface area contributed by atoms with E-state index in [0.717, 1.165) is 50.9 Å². The number of nitrogens with one attached hydrogen (secondary N) is 1. The van der Waals surface area contributed by atoms with Crippen LogP contribution in [0.25, 0.3) is 0 Å². The fraction of sp³-hybridized carbons (Fsp3) is 0.389. The van der Waals surface area contributed by atoms with Gasteiger partial charge in [0.25, 0.3) is 5.91 Å². The van der Waals surface area contributed by atoms with Gasteiger partial charge in [-0.2, -0.15) is 13.2 Å². The molecule has 0 spiro atoms. The molecule has 1 aromatic heterocycles. The predicted molar refractivity (Wildman–Crippen MR) is 91.1 cm³/mol. The minimum atomic E-state index is -4.41. The summed E-state index contributed by atoms with van der Waals surface area (Å²) in [5, 5.41) is 2.72.